The van der Waals surface area contributed by atoms with Crippen molar-refractivity contribution in [2.24, 2.45) is 0 Å². The van der Waals surface area contributed by atoms with Crippen molar-refractivity contribution in [1.29, 1.82) is 0 Å². The number of benzene rings is 1. The van der Waals surface area contributed by atoms with Crippen LogP contribution in [0.1, 0.15) is 25.7 Å². The van der Waals surface area contributed by atoms with Gasteiger partial charge in [-0.2, -0.15) is 18.3 Å². The van der Waals surface area contributed by atoms with Crippen molar-refractivity contribution in [3.63, 3.8) is 0 Å². The molecule has 3 rings (SSSR count). The molecule has 5 nitrogen and oxygen atoms in total. The minimum atomic E-state index is -4.15. The summed E-state index contributed by atoms with van der Waals surface area (Å²) in [4.78, 5) is 14.4. The lowest BCUT2D eigenvalue weighted by Gasteiger charge is -2.24. The molecule has 26 heavy (non-hydrogen) atoms. The standard InChI is InChI=1S/C18H21F3N4O/c19-18(20,21)8-3-11-24-10-2-7-16(24)17(26)23-14-5-1-6-15(13-14)25-12-4-9-22-25/h1,4-6,9,12-13,16H,2-3,7-8,10-11H2,(H,23,26)/t16-/m0/s1. The average molecular weight is 366 g/mol. The quantitative estimate of drug-likeness (QED) is 0.850. The number of anilines is 1. The summed E-state index contributed by atoms with van der Waals surface area (Å²) in [5.74, 6) is -0.174. The Balaban J connectivity index is 1.59. The zero-order valence-electron chi connectivity index (χ0n) is 14.2. The normalized spacial score (nSPS) is 18.2. The van der Waals surface area contributed by atoms with Crippen molar-refractivity contribution in [2.75, 3.05) is 18.4 Å². The lowest BCUT2D eigenvalue weighted by atomic mass is 10.2. The second-order valence-electron chi connectivity index (χ2n) is 6.40. The summed E-state index contributed by atoms with van der Waals surface area (Å²) in [6.07, 6.45) is 0.00721. The Morgan fingerprint density at radius 3 is 2.88 bits per heavy atom. The third-order valence-electron chi connectivity index (χ3n) is 4.45. The van der Waals surface area contributed by atoms with Gasteiger partial charge < -0.3 is 5.32 Å². The Kier molecular flexibility index (Phi) is 5.61. The van der Waals surface area contributed by atoms with Gasteiger partial charge in [-0.25, -0.2) is 4.68 Å². The Bertz CT molecular complexity index is 730. The van der Waals surface area contributed by atoms with Crippen LogP contribution in [-0.4, -0.2) is 45.9 Å². The van der Waals surface area contributed by atoms with Crippen LogP contribution in [0.25, 0.3) is 5.69 Å². The van der Waals surface area contributed by atoms with Crippen molar-refractivity contribution in [2.45, 2.75) is 37.9 Å². The summed E-state index contributed by atoms with van der Waals surface area (Å²) in [6.45, 7) is 0.939. The minimum Gasteiger partial charge on any atom is -0.325 e. The number of likely N-dealkylation sites (tertiary alicyclic amines) is 1. The van der Waals surface area contributed by atoms with Gasteiger partial charge in [-0.15, -0.1) is 0 Å². The minimum absolute atomic E-state index is 0.0159. The monoisotopic (exact) mass is 366 g/mol. The predicted molar refractivity (Wildman–Crippen MR) is 92.1 cm³/mol. The van der Waals surface area contributed by atoms with Crippen LogP contribution >= 0.6 is 0 Å². The van der Waals surface area contributed by atoms with E-state index in [2.05, 4.69) is 10.4 Å². The first-order valence-electron chi connectivity index (χ1n) is 8.64. The van der Waals surface area contributed by atoms with E-state index < -0.39 is 12.6 Å². The largest absolute Gasteiger partial charge is 0.389 e. The van der Waals surface area contributed by atoms with E-state index in [9.17, 15) is 18.0 Å². The third-order valence-corrected chi connectivity index (χ3v) is 4.45. The molecular formula is C18H21F3N4O. The molecule has 1 aromatic carbocycles. The first kappa shape index (κ1) is 18.4. The summed E-state index contributed by atoms with van der Waals surface area (Å²) >= 11 is 0. The summed E-state index contributed by atoms with van der Waals surface area (Å²) in [7, 11) is 0. The van der Waals surface area contributed by atoms with Crippen molar-refractivity contribution in [3.05, 3.63) is 42.7 Å². The van der Waals surface area contributed by atoms with Gasteiger partial charge in [0.1, 0.15) is 0 Å². The second-order valence-corrected chi connectivity index (χ2v) is 6.40. The van der Waals surface area contributed by atoms with E-state index in [0.29, 0.717) is 18.7 Å². The fourth-order valence-corrected chi connectivity index (χ4v) is 3.25. The van der Waals surface area contributed by atoms with Gasteiger partial charge in [-0.1, -0.05) is 6.07 Å². The molecule has 140 valence electrons. The Morgan fingerprint density at radius 2 is 2.15 bits per heavy atom. The van der Waals surface area contributed by atoms with E-state index in [4.69, 9.17) is 0 Å². The van der Waals surface area contributed by atoms with Gasteiger partial charge in [0.05, 0.1) is 11.7 Å². The van der Waals surface area contributed by atoms with Crippen molar-refractivity contribution >= 4 is 11.6 Å². The average Bonchev–Trinajstić information content (AvgIpc) is 3.26. The molecule has 1 amide bonds. The predicted octanol–water partition coefficient (Wildman–Crippen LogP) is 3.62. The fourth-order valence-electron chi connectivity index (χ4n) is 3.25. The summed E-state index contributed by atoms with van der Waals surface area (Å²) in [6, 6.07) is 8.73. The number of carbonyl (C=O) groups is 1. The highest BCUT2D eigenvalue weighted by Crippen LogP contribution is 2.24. The number of alkyl halides is 3. The van der Waals surface area contributed by atoms with Crippen LogP contribution in [-0.2, 0) is 4.79 Å². The maximum atomic E-state index is 12.6. The number of amides is 1. The summed E-state index contributed by atoms with van der Waals surface area (Å²) < 4.78 is 38.7. The Hall–Kier alpha value is -2.35. The molecule has 0 aliphatic carbocycles. The molecule has 8 heteroatoms. The molecule has 1 fully saturated rings. The zero-order valence-corrected chi connectivity index (χ0v) is 14.2. The lowest BCUT2D eigenvalue weighted by molar-refractivity contribution is -0.136. The lowest BCUT2D eigenvalue weighted by Crippen LogP contribution is -2.40. The van der Waals surface area contributed by atoms with E-state index in [0.717, 1.165) is 12.1 Å². The van der Waals surface area contributed by atoms with Gasteiger partial charge in [0.2, 0.25) is 5.91 Å². The van der Waals surface area contributed by atoms with Crippen LogP contribution in [0.2, 0.25) is 0 Å². The van der Waals surface area contributed by atoms with Gasteiger partial charge in [-0.05, 0) is 56.6 Å². The molecular weight excluding hydrogens is 345 g/mol. The molecule has 1 saturated heterocycles. The number of nitrogens with one attached hydrogen (secondary N) is 1. The molecule has 0 radical (unpaired) electrons. The number of nitrogens with zero attached hydrogens (tertiary/aromatic N) is 3. The van der Waals surface area contributed by atoms with Crippen LogP contribution in [0.3, 0.4) is 0 Å². The first-order valence-corrected chi connectivity index (χ1v) is 8.64. The second kappa shape index (κ2) is 7.90. The molecule has 0 bridgehead atoms. The van der Waals surface area contributed by atoms with E-state index in [1.165, 1.54) is 0 Å². The zero-order chi connectivity index (χ0) is 18.6. The van der Waals surface area contributed by atoms with Gasteiger partial charge in [0.15, 0.2) is 0 Å². The maximum absolute atomic E-state index is 12.6. The summed E-state index contributed by atoms with van der Waals surface area (Å²) in [5.41, 5.74) is 1.46. The highest BCUT2D eigenvalue weighted by molar-refractivity contribution is 5.95. The van der Waals surface area contributed by atoms with Gasteiger partial charge in [-0.3, -0.25) is 9.69 Å². The van der Waals surface area contributed by atoms with Gasteiger partial charge >= 0.3 is 6.18 Å². The number of hydrogen-bond acceptors (Lipinski definition) is 3. The topological polar surface area (TPSA) is 50.2 Å². The molecule has 1 N–H and O–H groups in total. The van der Waals surface area contributed by atoms with Gasteiger partial charge in [0, 0.05) is 24.5 Å². The number of aromatic nitrogens is 2. The first-order chi connectivity index (χ1) is 12.4. The molecule has 1 aliphatic heterocycles. The molecule has 2 aromatic rings. The molecule has 1 atom stereocenters. The molecule has 0 unspecified atom stereocenters. The third kappa shape index (κ3) is 4.85. The smallest absolute Gasteiger partial charge is 0.325 e. The van der Waals surface area contributed by atoms with E-state index >= 15 is 0 Å². The number of hydrogen-bond donors (Lipinski definition) is 1. The van der Waals surface area contributed by atoms with Crippen molar-refractivity contribution in [1.82, 2.24) is 14.7 Å². The van der Waals surface area contributed by atoms with Crippen LogP contribution in [0, 0.1) is 0 Å². The Labute approximate surface area is 149 Å². The van der Waals surface area contributed by atoms with Crippen LogP contribution in [0.5, 0.6) is 0 Å². The maximum Gasteiger partial charge on any atom is 0.389 e. The van der Waals surface area contributed by atoms with Crippen molar-refractivity contribution < 1.29 is 18.0 Å². The molecule has 1 aliphatic rings. The molecule has 0 saturated carbocycles. The molecule has 0 spiro atoms. The van der Waals surface area contributed by atoms with Crippen LogP contribution < -0.4 is 5.32 Å². The fraction of sp³-hybridized carbons (Fsp3) is 0.444. The highest BCUT2D eigenvalue weighted by Gasteiger charge is 2.32. The van der Waals surface area contributed by atoms with Crippen molar-refractivity contribution in [3.8, 4) is 5.69 Å². The highest BCUT2D eigenvalue weighted by atomic mass is 19.4. The summed E-state index contributed by atoms with van der Waals surface area (Å²) in [5, 5.41) is 7.03. The SMILES string of the molecule is O=C(Nc1cccc(-n2cccn2)c1)[C@@H]1CCCN1CCCC(F)(F)F. The number of carbonyl (C=O) groups excluding carboxylic acids is 1. The molecule has 1 aromatic heterocycles. The van der Waals surface area contributed by atoms with Crippen LogP contribution in [0.4, 0.5) is 18.9 Å². The van der Waals surface area contributed by atoms with Crippen LogP contribution in [0.15, 0.2) is 42.7 Å². The molecule has 2 heterocycles. The number of halogens is 3. The van der Waals surface area contributed by atoms with E-state index in [-0.39, 0.29) is 24.9 Å². The van der Waals surface area contributed by atoms with Gasteiger partial charge in [0.25, 0.3) is 0 Å². The Morgan fingerprint density at radius 1 is 1.31 bits per heavy atom. The van der Waals surface area contributed by atoms with E-state index in [1.807, 2.05) is 29.2 Å². The number of rotatable bonds is 6. The van der Waals surface area contributed by atoms with E-state index in [1.54, 1.807) is 23.1 Å².